The van der Waals surface area contributed by atoms with E-state index in [1.807, 2.05) is 36.4 Å². The standard InChI is InChI=1S/C26H15F5/c1-2-15-3-5-16(6-4-15)17-7-9-18(10-8-17)19-11-21(27)25(22(28)12-19)20-13-23(29)26(31)24(30)14-20/h2-14H,1H2. The molecule has 0 spiro atoms. The Labute approximate surface area is 175 Å². The van der Waals surface area contributed by atoms with E-state index < -0.39 is 40.2 Å². The second-order valence-electron chi connectivity index (χ2n) is 6.97. The van der Waals surface area contributed by atoms with Crippen LogP contribution in [0.2, 0.25) is 0 Å². The number of hydrogen-bond acceptors (Lipinski definition) is 0. The van der Waals surface area contributed by atoms with Gasteiger partial charge in [-0.2, -0.15) is 0 Å². The quantitative estimate of drug-likeness (QED) is 0.231. The minimum atomic E-state index is -1.69. The summed E-state index contributed by atoms with van der Waals surface area (Å²) in [5.74, 6) is -6.75. The van der Waals surface area contributed by atoms with Crippen molar-refractivity contribution in [2.75, 3.05) is 0 Å². The molecule has 0 N–H and O–H groups in total. The van der Waals surface area contributed by atoms with E-state index in [-0.39, 0.29) is 5.56 Å². The molecule has 0 aliphatic rings. The SMILES string of the molecule is C=Cc1ccc(-c2ccc(-c3cc(F)c(-c4cc(F)c(F)c(F)c4)c(F)c3)cc2)cc1. The molecule has 0 unspecified atom stereocenters. The molecule has 5 heteroatoms. The van der Waals surface area contributed by atoms with Crippen LogP contribution in [-0.2, 0) is 0 Å². The molecule has 0 saturated carbocycles. The molecule has 0 saturated heterocycles. The first kappa shape index (κ1) is 20.5. The summed E-state index contributed by atoms with van der Waals surface area (Å²) in [6, 6.07) is 18.1. The van der Waals surface area contributed by atoms with Crippen molar-refractivity contribution in [3.63, 3.8) is 0 Å². The summed E-state index contributed by atoms with van der Waals surface area (Å²) < 4.78 is 69.5. The molecular weight excluding hydrogens is 407 g/mol. The van der Waals surface area contributed by atoms with Gasteiger partial charge in [-0.1, -0.05) is 61.2 Å². The predicted molar refractivity (Wildman–Crippen MR) is 113 cm³/mol. The predicted octanol–water partition coefficient (Wildman–Crippen LogP) is 8.03. The highest BCUT2D eigenvalue weighted by Crippen LogP contribution is 2.33. The van der Waals surface area contributed by atoms with E-state index in [4.69, 9.17) is 0 Å². The van der Waals surface area contributed by atoms with Crippen molar-refractivity contribution in [2.45, 2.75) is 0 Å². The van der Waals surface area contributed by atoms with Gasteiger partial charge >= 0.3 is 0 Å². The number of halogens is 5. The van der Waals surface area contributed by atoms with Gasteiger partial charge in [-0.05, 0) is 57.6 Å². The Balaban J connectivity index is 1.68. The third-order valence-corrected chi connectivity index (χ3v) is 5.01. The average molecular weight is 422 g/mol. The van der Waals surface area contributed by atoms with E-state index in [1.54, 1.807) is 18.2 Å². The fraction of sp³-hybridized carbons (Fsp3) is 0. The second-order valence-corrected chi connectivity index (χ2v) is 6.97. The third kappa shape index (κ3) is 3.99. The van der Waals surface area contributed by atoms with Crippen LogP contribution < -0.4 is 0 Å². The van der Waals surface area contributed by atoms with Gasteiger partial charge in [0.05, 0.1) is 5.56 Å². The molecular formula is C26H15F5. The molecule has 0 amide bonds. The molecule has 0 nitrogen and oxygen atoms in total. The van der Waals surface area contributed by atoms with Crippen molar-refractivity contribution in [3.05, 3.63) is 114 Å². The molecule has 0 aliphatic carbocycles. The molecule has 0 radical (unpaired) electrons. The van der Waals surface area contributed by atoms with Crippen molar-refractivity contribution in [1.82, 2.24) is 0 Å². The van der Waals surface area contributed by atoms with Crippen molar-refractivity contribution in [2.24, 2.45) is 0 Å². The summed E-state index contributed by atoms with van der Waals surface area (Å²) in [6.45, 7) is 3.72. The lowest BCUT2D eigenvalue weighted by molar-refractivity contribution is 0.447. The van der Waals surface area contributed by atoms with Gasteiger partial charge in [0.15, 0.2) is 17.5 Å². The van der Waals surface area contributed by atoms with Crippen molar-refractivity contribution >= 4 is 6.08 Å². The van der Waals surface area contributed by atoms with E-state index in [0.29, 0.717) is 17.7 Å². The fourth-order valence-electron chi connectivity index (χ4n) is 3.38. The highest BCUT2D eigenvalue weighted by molar-refractivity contribution is 5.74. The first-order valence-corrected chi connectivity index (χ1v) is 9.34. The highest BCUT2D eigenvalue weighted by atomic mass is 19.2. The number of hydrogen-bond donors (Lipinski definition) is 0. The lowest BCUT2D eigenvalue weighted by Gasteiger charge is -2.10. The Kier molecular flexibility index (Phi) is 5.42. The summed E-state index contributed by atoms with van der Waals surface area (Å²) in [5, 5.41) is 0. The average Bonchev–Trinajstić information content (AvgIpc) is 2.77. The number of rotatable bonds is 4. The van der Waals surface area contributed by atoms with Crippen LogP contribution in [0.1, 0.15) is 5.56 Å². The van der Waals surface area contributed by atoms with Crippen molar-refractivity contribution in [1.29, 1.82) is 0 Å². The fourth-order valence-corrected chi connectivity index (χ4v) is 3.38. The van der Waals surface area contributed by atoms with Gasteiger partial charge in [-0.15, -0.1) is 0 Å². The topological polar surface area (TPSA) is 0 Å². The van der Waals surface area contributed by atoms with Crippen LogP contribution in [0.5, 0.6) is 0 Å². The normalized spacial score (nSPS) is 10.9. The first-order chi connectivity index (χ1) is 14.9. The van der Waals surface area contributed by atoms with Gasteiger partial charge in [-0.3, -0.25) is 0 Å². The zero-order valence-corrected chi connectivity index (χ0v) is 16.1. The Morgan fingerprint density at radius 3 is 1.32 bits per heavy atom. The molecule has 0 atom stereocenters. The molecule has 4 aromatic carbocycles. The maximum atomic E-state index is 14.7. The molecule has 0 bridgehead atoms. The van der Waals surface area contributed by atoms with Gasteiger partial charge in [0.1, 0.15) is 11.6 Å². The summed E-state index contributed by atoms with van der Waals surface area (Å²) in [4.78, 5) is 0. The molecule has 4 rings (SSSR count). The van der Waals surface area contributed by atoms with Crippen molar-refractivity contribution in [3.8, 4) is 33.4 Å². The van der Waals surface area contributed by atoms with Crippen LogP contribution >= 0.6 is 0 Å². The monoisotopic (exact) mass is 422 g/mol. The smallest absolute Gasteiger partial charge is 0.194 e. The van der Waals surface area contributed by atoms with Crippen LogP contribution in [0.25, 0.3) is 39.5 Å². The lowest BCUT2D eigenvalue weighted by atomic mass is 9.96. The van der Waals surface area contributed by atoms with Gasteiger partial charge in [0.2, 0.25) is 0 Å². The first-order valence-electron chi connectivity index (χ1n) is 9.34. The summed E-state index contributed by atoms with van der Waals surface area (Å²) in [5.41, 5.74) is 2.67. The summed E-state index contributed by atoms with van der Waals surface area (Å²) in [7, 11) is 0. The molecule has 0 aliphatic heterocycles. The van der Waals surface area contributed by atoms with Crippen LogP contribution in [0.3, 0.4) is 0 Å². The van der Waals surface area contributed by atoms with Gasteiger partial charge in [-0.25, -0.2) is 22.0 Å². The maximum Gasteiger partial charge on any atom is 0.194 e. The summed E-state index contributed by atoms with van der Waals surface area (Å²) >= 11 is 0. The molecule has 4 aromatic rings. The van der Waals surface area contributed by atoms with E-state index in [9.17, 15) is 22.0 Å². The second kappa shape index (κ2) is 8.19. The van der Waals surface area contributed by atoms with E-state index in [1.165, 1.54) is 0 Å². The zero-order valence-electron chi connectivity index (χ0n) is 16.1. The maximum absolute atomic E-state index is 14.7. The lowest BCUT2D eigenvalue weighted by Crippen LogP contribution is -1.97. The van der Waals surface area contributed by atoms with Crippen LogP contribution in [0.15, 0.2) is 79.4 Å². The summed E-state index contributed by atoms with van der Waals surface area (Å²) in [6.07, 6.45) is 1.74. The van der Waals surface area contributed by atoms with E-state index >= 15 is 0 Å². The molecule has 31 heavy (non-hydrogen) atoms. The van der Waals surface area contributed by atoms with Crippen molar-refractivity contribution < 1.29 is 22.0 Å². The Bertz CT molecular complexity index is 1230. The Morgan fingerprint density at radius 1 is 0.484 bits per heavy atom. The minimum Gasteiger partial charge on any atom is -0.206 e. The molecule has 0 fully saturated rings. The Hall–Kier alpha value is -3.73. The third-order valence-electron chi connectivity index (χ3n) is 5.01. The largest absolute Gasteiger partial charge is 0.206 e. The van der Waals surface area contributed by atoms with Crippen LogP contribution in [-0.4, -0.2) is 0 Å². The molecule has 0 heterocycles. The molecule has 154 valence electrons. The van der Waals surface area contributed by atoms with Crippen LogP contribution in [0, 0.1) is 29.1 Å². The van der Waals surface area contributed by atoms with E-state index in [2.05, 4.69) is 6.58 Å². The van der Waals surface area contributed by atoms with Gasteiger partial charge in [0.25, 0.3) is 0 Å². The minimum absolute atomic E-state index is 0.260. The zero-order chi connectivity index (χ0) is 22.1. The highest BCUT2D eigenvalue weighted by Gasteiger charge is 2.18. The van der Waals surface area contributed by atoms with Gasteiger partial charge in [0, 0.05) is 0 Å². The number of benzene rings is 4. The van der Waals surface area contributed by atoms with E-state index in [0.717, 1.165) is 28.8 Å². The Morgan fingerprint density at radius 2 is 0.871 bits per heavy atom. The van der Waals surface area contributed by atoms with Gasteiger partial charge < -0.3 is 0 Å². The molecule has 0 aromatic heterocycles. The van der Waals surface area contributed by atoms with Crippen LogP contribution in [0.4, 0.5) is 22.0 Å².